The third-order valence-electron chi connectivity index (χ3n) is 5.54. The smallest absolute Gasteiger partial charge is 0.0473 e. The highest BCUT2D eigenvalue weighted by Gasteiger charge is 2.36. The van der Waals surface area contributed by atoms with Crippen LogP contribution in [0.2, 0.25) is 0 Å². The molecular formula is C19H30N2. The standard InChI is InChI=1S/C19H30N2/c1-14-10-15(2)12-17(11-14)19(13-20)21-9-5-8-18(21)16-6-3-4-7-16/h10-12,16,18-19H,3-9,13,20H2,1-2H3. The van der Waals surface area contributed by atoms with Crippen LogP contribution in [-0.4, -0.2) is 24.0 Å². The summed E-state index contributed by atoms with van der Waals surface area (Å²) in [5.41, 5.74) is 10.4. The number of hydrogen-bond acceptors (Lipinski definition) is 2. The van der Waals surface area contributed by atoms with Crippen molar-refractivity contribution in [3.05, 3.63) is 34.9 Å². The molecular weight excluding hydrogens is 256 g/mol. The first-order valence-electron chi connectivity index (χ1n) is 8.73. The molecule has 1 saturated heterocycles. The van der Waals surface area contributed by atoms with Gasteiger partial charge in [0, 0.05) is 18.6 Å². The lowest BCUT2D eigenvalue weighted by atomic mass is 9.93. The molecule has 1 heterocycles. The van der Waals surface area contributed by atoms with E-state index in [2.05, 4.69) is 36.9 Å². The third-order valence-corrected chi connectivity index (χ3v) is 5.54. The van der Waals surface area contributed by atoms with E-state index < -0.39 is 0 Å². The van der Waals surface area contributed by atoms with Crippen LogP contribution in [0.4, 0.5) is 0 Å². The molecule has 0 spiro atoms. The highest BCUT2D eigenvalue weighted by molar-refractivity contribution is 5.31. The SMILES string of the molecule is Cc1cc(C)cc(C(CN)N2CCCC2C2CCCC2)c1. The normalized spacial score (nSPS) is 25.6. The largest absolute Gasteiger partial charge is 0.329 e. The van der Waals surface area contributed by atoms with Crippen molar-refractivity contribution in [2.24, 2.45) is 11.7 Å². The van der Waals surface area contributed by atoms with Crippen LogP contribution in [0, 0.1) is 19.8 Å². The Kier molecular flexibility index (Phi) is 4.66. The first-order valence-corrected chi connectivity index (χ1v) is 8.73. The highest BCUT2D eigenvalue weighted by atomic mass is 15.2. The average Bonchev–Trinajstić information content (AvgIpc) is 3.08. The van der Waals surface area contributed by atoms with E-state index in [9.17, 15) is 0 Å². The molecule has 2 aliphatic rings. The van der Waals surface area contributed by atoms with Crippen LogP contribution in [0.15, 0.2) is 18.2 Å². The molecule has 116 valence electrons. The van der Waals surface area contributed by atoms with Gasteiger partial charge in [-0.15, -0.1) is 0 Å². The summed E-state index contributed by atoms with van der Waals surface area (Å²) < 4.78 is 0. The van der Waals surface area contributed by atoms with Crippen LogP contribution >= 0.6 is 0 Å². The van der Waals surface area contributed by atoms with Gasteiger partial charge in [0.2, 0.25) is 0 Å². The lowest BCUT2D eigenvalue weighted by Gasteiger charge is -2.36. The number of nitrogens with zero attached hydrogens (tertiary/aromatic N) is 1. The lowest BCUT2D eigenvalue weighted by molar-refractivity contribution is 0.138. The fraction of sp³-hybridized carbons (Fsp3) is 0.684. The number of hydrogen-bond donors (Lipinski definition) is 1. The molecule has 0 radical (unpaired) electrons. The highest BCUT2D eigenvalue weighted by Crippen LogP contribution is 2.39. The monoisotopic (exact) mass is 286 g/mol. The molecule has 1 aromatic carbocycles. The Morgan fingerprint density at radius 2 is 1.71 bits per heavy atom. The Morgan fingerprint density at radius 3 is 2.33 bits per heavy atom. The molecule has 1 aromatic rings. The molecule has 1 aliphatic carbocycles. The van der Waals surface area contributed by atoms with E-state index in [0.717, 1.165) is 18.5 Å². The third kappa shape index (κ3) is 3.17. The van der Waals surface area contributed by atoms with Gasteiger partial charge in [-0.3, -0.25) is 4.90 Å². The summed E-state index contributed by atoms with van der Waals surface area (Å²) in [7, 11) is 0. The van der Waals surface area contributed by atoms with Gasteiger partial charge in [0.15, 0.2) is 0 Å². The second kappa shape index (κ2) is 6.50. The summed E-state index contributed by atoms with van der Waals surface area (Å²) in [4.78, 5) is 2.74. The number of nitrogens with two attached hydrogens (primary N) is 1. The molecule has 2 fully saturated rings. The second-order valence-electron chi connectivity index (χ2n) is 7.16. The number of likely N-dealkylation sites (tertiary alicyclic amines) is 1. The minimum atomic E-state index is 0.414. The van der Waals surface area contributed by atoms with Crippen molar-refractivity contribution in [1.29, 1.82) is 0 Å². The number of benzene rings is 1. The molecule has 1 saturated carbocycles. The van der Waals surface area contributed by atoms with Gasteiger partial charge in [-0.05, 0) is 57.6 Å². The van der Waals surface area contributed by atoms with Gasteiger partial charge in [0.25, 0.3) is 0 Å². The molecule has 0 aromatic heterocycles. The van der Waals surface area contributed by atoms with Gasteiger partial charge >= 0.3 is 0 Å². The first kappa shape index (κ1) is 15.1. The van der Waals surface area contributed by atoms with Crippen molar-refractivity contribution < 1.29 is 0 Å². The summed E-state index contributed by atoms with van der Waals surface area (Å²) in [6.45, 7) is 6.37. The molecule has 1 aliphatic heterocycles. The van der Waals surface area contributed by atoms with E-state index in [-0.39, 0.29) is 0 Å². The molecule has 2 unspecified atom stereocenters. The fourth-order valence-electron chi connectivity index (χ4n) is 4.72. The van der Waals surface area contributed by atoms with Crippen LogP contribution in [-0.2, 0) is 0 Å². The summed E-state index contributed by atoms with van der Waals surface area (Å²) in [5, 5.41) is 0. The van der Waals surface area contributed by atoms with Crippen molar-refractivity contribution in [3.63, 3.8) is 0 Å². The fourth-order valence-corrected chi connectivity index (χ4v) is 4.72. The van der Waals surface area contributed by atoms with Gasteiger partial charge < -0.3 is 5.73 Å². The zero-order chi connectivity index (χ0) is 14.8. The maximum Gasteiger partial charge on any atom is 0.0473 e. The summed E-state index contributed by atoms with van der Waals surface area (Å²) >= 11 is 0. The second-order valence-corrected chi connectivity index (χ2v) is 7.16. The van der Waals surface area contributed by atoms with E-state index in [1.165, 1.54) is 61.8 Å². The maximum absolute atomic E-state index is 6.20. The molecule has 3 rings (SSSR count). The topological polar surface area (TPSA) is 29.3 Å². The molecule has 0 amide bonds. The van der Waals surface area contributed by atoms with Crippen LogP contribution < -0.4 is 5.73 Å². The minimum Gasteiger partial charge on any atom is -0.329 e. The van der Waals surface area contributed by atoms with E-state index >= 15 is 0 Å². The Labute approximate surface area is 129 Å². The predicted octanol–water partition coefficient (Wildman–Crippen LogP) is 3.96. The minimum absolute atomic E-state index is 0.414. The zero-order valence-electron chi connectivity index (χ0n) is 13.6. The first-order chi connectivity index (χ1) is 10.2. The van der Waals surface area contributed by atoms with Crippen molar-refractivity contribution in [1.82, 2.24) is 4.90 Å². The van der Waals surface area contributed by atoms with E-state index in [0.29, 0.717) is 6.04 Å². The van der Waals surface area contributed by atoms with Gasteiger partial charge in [-0.1, -0.05) is 42.2 Å². The Hall–Kier alpha value is -0.860. The predicted molar refractivity (Wildman–Crippen MR) is 89.4 cm³/mol. The molecule has 2 atom stereocenters. The summed E-state index contributed by atoms with van der Waals surface area (Å²) in [5.74, 6) is 0.924. The molecule has 2 N–H and O–H groups in total. The van der Waals surface area contributed by atoms with Gasteiger partial charge in [0.1, 0.15) is 0 Å². The Bertz CT molecular complexity index is 456. The van der Waals surface area contributed by atoms with E-state index in [1.54, 1.807) is 0 Å². The Balaban J connectivity index is 1.84. The maximum atomic E-state index is 6.20. The average molecular weight is 286 g/mol. The van der Waals surface area contributed by atoms with Crippen molar-refractivity contribution in [3.8, 4) is 0 Å². The Morgan fingerprint density at radius 1 is 1.05 bits per heavy atom. The number of rotatable bonds is 4. The quantitative estimate of drug-likeness (QED) is 0.908. The molecule has 21 heavy (non-hydrogen) atoms. The number of aryl methyl sites for hydroxylation is 2. The molecule has 2 nitrogen and oxygen atoms in total. The van der Waals surface area contributed by atoms with Gasteiger partial charge in [-0.25, -0.2) is 0 Å². The van der Waals surface area contributed by atoms with E-state index in [1.807, 2.05) is 0 Å². The summed E-state index contributed by atoms with van der Waals surface area (Å²) in [6.07, 6.45) is 8.47. The van der Waals surface area contributed by atoms with Crippen LogP contribution in [0.1, 0.15) is 61.3 Å². The van der Waals surface area contributed by atoms with Crippen molar-refractivity contribution >= 4 is 0 Å². The molecule has 0 bridgehead atoms. The van der Waals surface area contributed by atoms with Crippen LogP contribution in [0.5, 0.6) is 0 Å². The lowest BCUT2D eigenvalue weighted by Crippen LogP contribution is -2.40. The van der Waals surface area contributed by atoms with E-state index in [4.69, 9.17) is 5.73 Å². The van der Waals surface area contributed by atoms with Gasteiger partial charge in [-0.2, -0.15) is 0 Å². The van der Waals surface area contributed by atoms with Crippen molar-refractivity contribution in [2.45, 2.75) is 64.5 Å². The zero-order valence-corrected chi connectivity index (χ0v) is 13.6. The summed E-state index contributed by atoms with van der Waals surface area (Å²) in [6, 6.07) is 8.14. The molecule has 2 heteroatoms. The van der Waals surface area contributed by atoms with Crippen LogP contribution in [0.3, 0.4) is 0 Å². The van der Waals surface area contributed by atoms with Crippen LogP contribution in [0.25, 0.3) is 0 Å². The van der Waals surface area contributed by atoms with Gasteiger partial charge in [0.05, 0.1) is 0 Å². The van der Waals surface area contributed by atoms with Crippen molar-refractivity contribution in [2.75, 3.05) is 13.1 Å².